The third-order valence-corrected chi connectivity index (χ3v) is 6.04. The lowest BCUT2D eigenvalue weighted by atomic mass is 9.81. The smallest absolute Gasteiger partial charge is 0.356 e. The summed E-state index contributed by atoms with van der Waals surface area (Å²) in [7, 11) is 1.30. The van der Waals surface area contributed by atoms with Crippen LogP contribution in [0.4, 0.5) is 0 Å². The molecule has 5 rings (SSSR count). The number of fused-ring (bicyclic) bond motifs is 1. The molecule has 0 saturated heterocycles. The van der Waals surface area contributed by atoms with Crippen LogP contribution in [0.25, 0.3) is 11.5 Å². The summed E-state index contributed by atoms with van der Waals surface area (Å²) in [5.41, 5.74) is 3.05. The summed E-state index contributed by atoms with van der Waals surface area (Å²) in [6, 6.07) is 20.8. The molecule has 0 bridgehead atoms. The predicted molar refractivity (Wildman–Crippen MR) is 125 cm³/mol. The van der Waals surface area contributed by atoms with Crippen molar-refractivity contribution >= 4 is 5.97 Å². The van der Waals surface area contributed by atoms with Crippen LogP contribution in [0.1, 0.15) is 40.0 Å². The molecule has 0 aliphatic heterocycles. The highest BCUT2D eigenvalue weighted by atomic mass is 16.5. The number of esters is 1. The van der Waals surface area contributed by atoms with E-state index >= 15 is 0 Å². The van der Waals surface area contributed by atoms with Crippen molar-refractivity contribution in [1.29, 1.82) is 0 Å². The third-order valence-electron chi connectivity index (χ3n) is 6.04. The topological polar surface area (TPSA) is 94.7 Å². The van der Waals surface area contributed by atoms with Gasteiger partial charge in [0.2, 0.25) is 5.89 Å². The molecule has 2 aromatic carbocycles. The Balaban J connectivity index is 1.28. The summed E-state index contributed by atoms with van der Waals surface area (Å²) < 4.78 is 16.5. The lowest BCUT2D eigenvalue weighted by Gasteiger charge is -2.27. The van der Waals surface area contributed by atoms with Gasteiger partial charge in [0, 0.05) is 0 Å². The van der Waals surface area contributed by atoms with Gasteiger partial charge < -0.3 is 19.0 Å². The van der Waals surface area contributed by atoms with Gasteiger partial charge in [-0.2, -0.15) is 0 Å². The minimum atomic E-state index is -0.842. The van der Waals surface area contributed by atoms with E-state index in [1.807, 2.05) is 36.4 Å². The Morgan fingerprint density at radius 1 is 1.06 bits per heavy atom. The van der Waals surface area contributed by atoms with Crippen LogP contribution in [-0.2, 0) is 17.6 Å². The number of hydrogen-bond acceptors (Lipinski definition) is 7. The number of aliphatic hydroxyl groups excluding tert-OH is 1. The minimum Gasteiger partial charge on any atom is -0.464 e. The van der Waals surface area contributed by atoms with Crippen LogP contribution < -0.4 is 4.74 Å². The molecular formula is C27H24N2O5. The van der Waals surface area contributed by atoms with Crippen LogP contribution in [0, 0.1) is 5.92 Å². The Kier molecular flexibility index (Phi) is 6.10. The van der Waals surface area contributed by atoms with Gasteiger partial charge in [0.15, 0.2) is 5.76 Å². The van der Waals surface area contributed by atoms with Crippen LogP contribution >= 0.6 is 0 Å². The molecule has 34 heavy (non-hydrogen) atoms. The molecule has 0 amide bonds. The van der Waals surface area contributed by atoms with Crippen molar-refractivity contribution in [3.63, 3.8) is 0 Å². The maximum absolute atomic E-state index is 11.8. The molecule has 0 radical (unpaired) electrons. The van der Waals surface area contributed by atoms with E-state index in [1.165, 1.54) is 24.4 Å². The fraction of sp³-hybridized carbons (Fsp3) is 0.222. The lowest BCUT2D eigenvalue weighted by molar-refractivity contribution is 0.0594. The molecule has 1 aliphatic carbocycles. The molecule has 2 atom stereocenters. The maximum Gasteiger partial charge on any atom is 0.356 e. The molecule has 7 heteroatoms. The fourth-order valence-corrected chi connectivity index (χ4v) is 4.25. The average molecular weight is 456 g/mol. The van der Waals surface area contributed by atoms with Crippen molar-refractivity contribution in [3.05, 3.63) is 95.6 Å². The normalized spacial score (nSPS) is 15.9. The number of ether oxygens (including phenoxy) is 2. The van der Waals surface area contributed by atoms with Crippen LogP contribution in [0.15, 0.2) is 77.3 Å². The van der Waals surface area contributed by atoms with E-state index in [4.69, 9.17) is 13.9 Å². The molecule has 172 valence electrons. The minimum absolute atomic E-state index is 0.0192. The first-order valence-corrected chi connectivity index (χ1v) is 11.1. The van der Waals surface area contributed by atoms with Crippen molar-refractivity contribution in [2.24, 2.45) is 5.92 Å². The van der Waals surface area contributed by atoms with Crippen molar-refractivity contribution in [2.45, 2.75) is 25.4 Å². The molecule has 2 aromatic heterocycles. The van der Waals surface area contributed by atoms with Gasteiger partial charge in [-0.3, -0.25) is 0 Å². The summed E-state index contributed by atoms with van der Waals surface area (Å²) >= 11 is 0. The molecule has 0 fully saturated rings. The van der Waals surface area contributed by atoms with E-state index in [-0.39, 0.29) is 17.5 Å². The number of para-hydroxylation sites is 1. The SMILES string of the molecule is COC(=O)c1cccc(-c2cnc(C(O)C3CCc4cc(Oc5ccccc5)ccc4C3)o2)n1. The second-order valence-electron chi connectivity index (χ2n) is 8.26. The standard InChI is InChI=1S/C27H24N2O5/c1-32-27(31)23-9-5-8-22(29-23)24-16-28-26(34-24)25(30)19-11-10-18-15-21(13-12-17(18)14-19)33-20-6-3-2-4-7-20/h2-9,12-13,15-16,19,25,30H,10-11,14H2,1H3. The van der Waals surface area contributed by atoms with Crippen molar-refractivity contribution < 1.29 is 23.8 Å². The number of hydrogen-bond donors (Lipinski definition) is 1. The zero-order chi connectivity index (χ0) is 23.5. The molecular weight excluding hydrogens is 432 g/mol. The molecule has 0 spiro atoms. The second kappa shape index (κ2) is 9.49. The monoisotopic (exact) mass is 456 g/mol. The van der Waals surface area contributed by atoms with Gasteiger partial charge in [-0.05, 0) is 72.7 Å². The van der Waals surface area contributed by atoms with E-state index in [9.17, 15) is 9.90 Å². The van der Waals surface area contributed by atoms with Crippen molar-refractivity contribution in [1.82, 2.24) is 9.97 Å². The fourth-order valence-electron chi connectivity index (χ4n) is 4.25. The first kappa shape index (κ1) is 21.9. The van der Waals surface area contributed by atoms with Crippen LogP contribution in [0.5, 0.6) is 11.5 Å². The molecule has 1 aliphatic rings. The summed E-state index contributed by atoms with van der Waals surface area (Å²) in [5, 5.41) is 11.0. The number of methoxy groups -OCH3 is 1. The Morgan fingerprint density at radius 2 is 1.91 bits per heavy atom. The zero-order valence-electron chi connectivity index (χ0n) is 18.7. The van der Waals surface area contributed by atoms with E-state index in [0.29, 0.717) is 11.5 Å². The first-order chi connectivity index (χ1) is 16.6. The Hall–Kier alpha value is -3.97. The highest BCUT2D eigenvalue weighted by molar-refractivity contribution is 5.87. The number of pyridine rings is 1. The van der Waals surface area contributed by atoms with E-state index in [1.54, 1.807) is 18.2 Å². The van der Waals surface area contributed by atoms with Crippen molar-refractivity contribution in [3.8, 4) is 23.0 Å². The largest absolute Gasteiger partial charge is 0.464 e. The van der Waals surface area contributed by atoms with Gasteiger partial charge in [-0.25, -0.2) is 14.8 Å². The first-order valence-electron chi connectivity index (χ1n) is 11.1. The number of benzene rings is 2. The van der Waals surface area contributed by atoms with Gasteiger partial charge >= 0.3 is 5.97 Å². The summed E-state index contributed by atoms with van der Waals surface area (Å²) in [4.78, 5) is 20.3. The molecule has 2 unspecified atom stereocenters. The maximum atomic E-state index is 11.8. The van der Waals surface area contributed by atoms with Crippen LogP contribution in [0.3, 0.4) is 0 Å². The number of rotatable bonds is 6. The van der Waals surface area contributed by atoms with Crippen LogP contribution in [-0.4, -0.2) is 28.2 Å². The van der Waals surface area contributed by atoms with E-state index in [0.717, 1.165) is 30.8 Å². The molecule has 7 nitrogen and oxygen atoms in total. The van der Waals surface area contributed by atoms with Crippen molar-refractivity contribution in [2.75, 3.05) is 7.11 Å². The number of oxazole rings is 1. The quantitative estimate of drug-likeness (QED) is 0.401. The number of aromatic nitrogens is 2. The number of nitrogens with zero attached hydrogens (tertiary/aromatic N) is 2. The highest BCUT2D eigenvalue weighted by Gasteiger charge is 2.29. The number of aliphatic hydroxyl groups is 1. The van der Waals surface area contributed by atoms with E-state index in [2.05, 4.69) is 22.1 Å². The molecule has 4 aromatic rings. The van der Waals surface area contributed by atoms with E-state index < -0.39 is 12.1 Å². The highest BCUT2D eigenvalue weighted by Crippen LogP contribution is 2.36. The number of aryl methyl sites for hydroxylation is 1. The molecule has 0 saturated carbocycles. The van der Waals surface area contributed by atoms with Gasteiger partial charge in [0.25, 0.3) is 0 Å². The Morgan fingerprint density at radius 3 is 2.74 bits per heavy atom. The Labute approximate surface area is 197 Å². The zero-order valence-corrected chi connectivity index (χ0v) is 18.7. The summed E-state index contributed by atoms with van der Waals surface area (Å²) in [6.07, 6.45) is 3.03. The average Bonchev–Trinajstić information content (AvgIpc) is 3.38. The van der Waals surface area contributed by atoms with Gasteiger partial charge in [-0.15, -0.1) is 0 Å². The number of carbonyl (C=O) groups is 1. The number of carbonyl (C=O) groups excluding carboxylic acids is 1. The summed E-state index contributed by atoms with van der Waals surface area (Å²) in [6.45, 7) is 0. The van der Waals surface area contributed by atoms with Gasteiger partial charge in [0.1, 0.15) is 29.0 Å². The lowest BCUT2D eigenvalue weighted by Crippen LogP contribution is -2.21. The Bertz CT molecular complexity index is 1300. The van der Waals surface area contributed by atoms with Gasteiger partial charge in [0.05, 0.1) is 13.3 Å². The third kappa shape index (κ3) is 4.56. The summed E-state index contributed by atoms with van der Waals surface area (Å²) in [5.74, 6) is 1.70. The van der Waals surface area contributed by atoms with Crippen LogP contribution in [0.2, 0.25) is 0 Å². The van der Waals surface area contributed by atoms with Gasteiger partial charge in [-0.1, -0.05) is 30.3 Å². The second-order valence-corrected chi connectivity index (χ2v) is 8.26. The molecule has 2 heterocycles. The molecule has 1 N–H and O–H groups in total. The predicted octanol–water partition coefficient (Wildman–Crippen LogP) is 5.15.